The SMILES string of the molecule is CC(C)NCc1ccc(OCCN2CCCCC2C)cc1. The second kappa shape index (κ2) is 8.40. The lowest BCUT2D eigenvalue weighted by atomic mass is 10.0. The van der Waals surface area contributed by atoms with Gasteiger partial charge in [0.25, 0.3) is 0 Å². The van der Waals surface area contributed by atoms with E-state index in [0.717, 1.165) is 25.4 Å². The molecule has 0 aromatic heterocycles. The fourth-order valence-corrected chi connectivity index (χ4v) is 2.80. The Balaban J connectivity index is 1.70. The van der Waals surface area contributed by atoms with E-state index >= 15 is 0 Å². The first-order valence-corrected chi connectivity index (χ1v) is 8.34. The number of rotatable bonds is 7. The highest BCUT2D eigenvalue weighted by molar-refractivity contribution is 5.27. The molecule has 21 heavy (non-hydrogen) atoms. The van der Waals surface area contributed by atoms with Crippen LogP contribution in [0.5, 0.6) is 5.75 Å². The summed E-state index contributed by atoms with van der Waals surface area (Å²) in [5.74, 6) is 0.980. The van der Waals surface area contributed by atoms with Gasteiger partial charge in [-0.05, 0) is 44.0 Å². The van der Waals surface area contributed by atoms with Gasteiger partial charge in [0.15, 0.2) is 0 Å². The average Bonchev–Trinajstić information content (AvgIpc) is 2.48. The largest absolute Gasteiger partial charge is 0.492 e. The van der Waals surface area contributed by atoms with Gasteiger partial charge in [0.2, 0.25) is 0 Å². The Morgan fingerprint density at radius 1 is 1.24 bits per heavy atom. The average molecular weight is 290 g/mol. The molecule has 1 unspecified atom stereocenters. The maximum absolute atomic E-state index is 5.88. The third-order valence-corrected chi connectivity index (χ3v) is 4.23. The Morgan fingerprint density at radius 3 is 2.67 bits per heavy atom. The van der Waals surface area contributed by atoms with E-state index in [-0.39, 0.29) is 0 Å². The molecule has 1 saturated heterocycles. The number of piperidine rings is 1. The lowest BCUT2D eigenvalue weighted by Crippen LogP contribution is -2.39. The molecule has 1 fully saturated rings. The molecule has 0 radical (unpaired) electrons. The molecule has 0 amide bonds. The first-order valence-electron chi connectivity index (χ1n) is 8.34. The third kappa shape index (κ3) is 5.68. The van der Waals surface area contributed by atoms with Crippen molar-refractivity contribution in [3.05, 3.63) is 29.8 Å². The third-order valence-electron chi connectivity index (χ3n) is 4.23. The molecular weight excluding hydrogens is 260 g/mol. The molecule has 0 aliphatic carbocycles. The standard InChI is InChI=1S/C18H30N2O/c1-15(2)19-14-17-7-9-18(10-8-17)21-13-12-20-11-5-4-6-16(20)3/h7-10,15-16,19H,4-6,11-14H2,1-3H3. The van der Waals surface area contributed by atoms with Crippen molar-refractivity contribution in [3.63, 3.8) is 0 Å². The van der Waals surface area contributed by atoms with Crippen molar-refractivity contribution in [3.8, 4) is 5.75 Å². The van der Waals surface area contributed by atoms with E-state index in [4.69, 9.17) is 4.74 Å². The number of hydrogen-bond acceptors (Lipinski definition) is 3. The Hall–Kier alpha value is -1.06. The highest BCUT2D eigenvalue weighted by atomic mass is 16.5. The van der Waals surface area contributed by atoms with Gasteiger partial charge >= 0.3 is 0 Å². The number of nitrogens with one attached hydrogen (secondary N) is 1. The Morgan fingerprint density at radius 2 is 2.00 bits per heavy atom. The number of benzene rings is 1. The molecule has 118 valence electrons. The molecular formula is C18H30N2O. The zero-order chi connectivity index (χ0) is 15.1. The summed E-state index contributed by atoms with van der Waals surface area (Å²) >= 11 is 0. The summed E-state index contributed by atoms with van der Waals surface area (Å²) in [6.45, 7) is 10.6. The van der Waals surface area contributed by atoms with Crippen LogP contribution in [0, 0.1) is 0 Å². The van der Waals surface area contributed by atoms with E-state index < -0.39 is 0 Å². The smallest absolute Gasteiger partial charge is 0.119 e. The maximum Gasteiger partial charge on any atom is 0.119 e. The van der Waals surface area contributed by atoms with E-state index in [1.54, 1.807) is 0 Å². The monoisotopic (exact) mass is 290 g/mol. The van der Waals surface area contributed by atoms with Gasteiger partial charge in [0.1, 0.15) is 12.4 Å². The number of ether oxygens (including phenoxy) is 1. The number of nitrogens with zero attached hydrogens (tertiary/aromatic N) is 1. The van der Waals surface area contributed by atoms with Gasteiger partial charge in [-0.3, -0.25) is 4.90 Å². The Kier molecular flexibility index (Phi) is 6.52. The van der Waals surface area contributed by atoms with Crippen LogP contribution in [-0.2, 0) is 6.54 Å². The molecule has 0 bridgehead atoms. The molecule has 1 aliphatic heterocycles. The first-order chi connectivity index (χ1) is 10.1. The summed E-state index contributed by atoms with van der Waals surface area (Å²) in [6.07, 6.45) is 4.05. The molecule has 1 aromatic rings. The quantitative estimate of drug-likeness (QED) is 0.832. The first kappa shape index (κ1) is 16.3. The van der Waals surface area contributed by atoms with Gasteiger partial charge in [0, 0.05) is 25.2 Å². The lowest BCUT2D eigenvalue weighted by molar-refractivity contribution is 0.133. The van der Waals surface area contributed by atoms with Crippen LogP contribution in [0.1, 0.15) is 45.6 Å². The van der Waals surface area contributed by atoms with Gasteiger partial charge in [-0.15, -0.1) is 0 Å². The van der Waals surface area contributed by atoms with Gasteiger partial charge in [-0.1, -0.05) is 32.4 Å². The molecule has 1 aliphatic rings. The predicted molar refractivity (Wildman–Crippen MR) is 88.8 cm³/mol. The minimum atomic E-state index is 0.521. The van der Waals surface area contributed by atoms with Gasteiger partial charge in [-0.25, -0.2) is 0 Å². The van der Waals surface area contributed by atoms with Crippen LogP contribution >= 0.6 is 0 Å². The van der Waals surface area contributed by atoms with E-state index in [9.17, 15) is 0 Å². The van der Waals surface area contributed by atoms with Crippen molar-refractivity contribution >= 4 is 0 Å². The van der Waals surface area contributed by atoms with Crippen molar-refractivity contribution in [1.29, 1.82) is 0 Å². The van der Waals surface area contributed by atoms with Crippen LogP contribution in [0.3, 0.4) is 0 Å². The van der Waals surface area contributed by atoms with Crippen molar-refractivity contribution in [2.45, 2.75) is 58.7 Å². The summed E-state index contributed by atoms with van der Waals surface area (Å²) in [5, 5.41) is 3.42. The zero-order valence-corrected chi connectivity index (χ0v) is 13.8. The molecule has 1 N–H and O–H groups in total. The summed E-state index contributed by atoms with van der Waals surface area (Å²) in [6, 6.07) is 9.69. The normalized spacial score (nSPS) is 19.9. The van der Waals surface area contributed by atoms with E-state index in [1.165, 1.54) is 31.4 Å². The van der Waals surface area contributed by atoms with Crippen molar-refractivity contribution in [1.82, 2.24) is 10.2 Å². The minimum absolute atomic E-state index is 0.521. The van der Waals surface area contributed by atoms with Crippen LogP contribution in [-0.4, -0.2) is 36.7 Å². The van der Waals surface area contributed by atoms with Gasteiger partial charge < -0.3 is 10.1 Å². The van der Waals surface area contributed by atoms with E-state index in [0.29, 0.717) is 12.1 Å². The molecule has 3 nitrogen and oxygen atoms in total. The number of hydrogen-bond donors (Lipinski definition) is 1. The highest BCUT2D eigenvalue weighted by Gasteiger charge is 2.17. The summed E-state index contributed by atoms with van der Waals surface area (Å²) in [4.78, 5) is 2.55. The van der Waals surface area contributed by atoms with Crippen LogP contribution in [0.4, 0.5) is 0 Å². The van der Waals surface area contributed by atoms with Crippen LogP contribution < -0.4 is 10.1 Å². The fourth-order valence-electron chi connectivity index (χ4n) is 2.80. The topological polar surface area (TPSA) is 24.5 Å². The molecule has 0 saturated carbocycles. The zero-order valence-electron chi connectivity index (χ0n) is 13.8. The second-order valence-corrected chi connectivity index (χ2v) is 6.41. The maximum atomic E-state index is 5.88. The van der Waals surface area contributed by atoms with Crippen LogP contribution in [0.25, 0.3) is 0 Å². The molecule has 0 spiro atoms. The summed E-state index contributed by atoms with van der Waals surface area (Å²) < 4.78 is 5.88. The van der Waals surface area contributed by atoms with Crippen molar-refractivity contribution in [2.24, 2.45) is 0 Å². The Labute approximate surface area is 129 Å². The summed E-state index contributed by atoms with van der Waals surface area (Å²) in [7, 11) is 0. The predicted octanol–water partition coefficient (Wildman–Crippen LogP) is 3.44. The molecule has 1 aromatic carbocycles. The number of likely N-dealkylation sites (tertiary alicyclic amines) is 1. The van der Waals surface area contributed by atoms with E-state index in [2.05, 4.69) is 55.3 Å². The molecule has 1 atom stereocenters. The molecule has 2 rings (SSSR count). The van der Waals surface area contributed by atoms with Crippen molar-refractivity contribution in [2.75, 3.05) is 19.7 Å². The second-order valence-electron chi connectivity index (χ2n) is 6.41. The van der Waals surface area contributed by atoms with Gasteiger partial charge in [-0.2, -0.15) is 0 Å². The van der Waals surface area contributed by atoms with Crippen LogP contribution in [0.15, 0.2) is 24.3 Å². The van der Waals surface area contributed by atoms with Crippen LogP contribution in [0.2, 0.25) is 0 Å². The Bertz CT molecular complexity index is 402. The molecule has 1 heterocycles. The fraction of sp³-hybridized carbons (Fsp3) is 0.667. The molecule has 3 heteroatoms. The summed E-state index contributed by atoms with van der Waals surface area (Å²) in [5.41, 5.74) is 1.31. The van der Waals surface area contributed by atoms with Crippen molar-refractivity contribution < 1.29 is 4.74 Å². The minimum Gasteiger partial charge on any atom is -0.492 e. The van der Waals surface area contributed by atoms with Gasteiger partial charge in [0.05, 0.1) is 0 Å². The lowest BCUT2D eigenvalue weighted by Gasteiger charge is -2.33. The van der Waals surface area contributed by atoms with E-state index in [1.807, 2.05) is 0 Å². The highest BCUT2D eigenvalue weighted by Crippen LogP contribution is 2.16.